The van der Waals surface area contributed by atoms with Gasteiger partial charge in [0.05, 0.1) is 18.3 Å². The summed E-state index contributed by atoms with van der Waals surface area (Å²) in [5.74, 6) is 0.783. The van der Waals surface area contributed by atoms with Crippen LogP contribution >= 0.6 is 15.9 Å². The van der Waals surface area contributed by atoms with Crippen molar-refractivity contribution in [3.05, 3.63) is 28.2 Å². The lowest BCUT2D eigenvalue weighted by Crippen LogP contribution is -2.36. The molecule has 1 fully saturated rings. The van der Waals surface area contributed by atoms with E-state index in [1.807, 2.05) is 18.2 Å². The first-order chi connectivity index (χ1) is 8.63. The van der Waals surface area contributed by atoms with Gasteiger partial charge in [0, 0.05) is 16.5 Å². The second-order valence-corrected chi connectivity index (χ2v) is 6.07. The number of halogens is 1. The van der Waals surface area contributed by atoms with Crippen LogP contribution < -0.4 is 4.74 Å². The van der Waals surface area contributed by atoms with Crippen LogP contribution in [0.5, 0.6) is 5.75 Å². The van der Waals surface area contributed by atoms with Crippen LogP contribution in [0.2, 0.25) is 0 Å². The van der Waals surface area contributed by atoms with Gasteiger partial charge in [-0.25, -0.2) is 0 Å². The smallest absolute Gasteiger partial charge is 0.128 e. The summed E-state index contributed by atoms with van der Waals surface area (Å²) in [6.07, 6.45) is 2.64. The summed E-state index contributed by atoms with van der Waals surface area (Å²) in [7, 11) is 0. The third kappa shape index (κ3) is 2.29. The summed E-state index contributed by atoms with van der Waals surface area (Å²) < 4.78 is 12.8. The maximum atomic E-state index is 10.2. The molecule has 2 aliphatic heterocycles. The van der Waals surface area contributed by atoms with Crippen LogP contribution in [0, 0.1) is 0 Å². The lowest BCUT2D eigenvalue weighted by molar-refractivity contribution is -0.0465. The number of hydrogen-bond donors (Lipinski definition) is 1. The molecule has 1 saturated heterocycles. The fourth-order valence-electron chi connectivity index (χ4n) is 2.78. The van der Waals surface area contributed by atoms with Crippen LogP contribution in [0.15, 0.2) is 22.7 Å². The van der Waals surface area contributed by atoms with Crippen molar-refractivity contribution in [2.45, 2.75) is 50.6 Å². The highest BCUT2D eigenvalue weighted by atomic mass is 79.9. The minimum Gasteiger partial charge on any atom is -0.487 e. The molecular formula is C14H17BrO3. The van der Waals surface area contributed by atoms with Crippen LogP contribution in [0.4, 0.5) is 0 Å². The van der Waals surface area contributed by atoms with Gasteiger partial charge in [0.1, 0.15) is 11.9 Å². The summed E-state index contributed by atoms with van der Waals surface area (Å²) in [5, 5.41) is 10.2. The second kappa shape index (κ2) is 4.83. The van der Waals surface area contributed by atoms with E-state index in [-0.39, 0.29) is 12.2 Å². The molecule has 0 bridgehead atoms. The Morgan fingerprint density at radius 2 is 2.11 bits per heavy atom. The van der Waals surface area contributed by atoms with E-state index in [4.69, 9.17) is 9.47 Å². The SMILES string of the molecule is CC1CCC(C2C[C@H](O)c3cc(Br)ccc3O2)O1. The maximum Gasteiger partial charge on any atom is 0.128 e. The van der Waals surface area contributed by atoms with Crippen molar-refractivity contribution in [1.29, 1.82) is 0 Å². The van der Waals surface area contributed by atoms with Gasteiger partial charge in [-0.2, -0.15) is 0 Å². The minimum absolute atomic E-state index is 0.0291. The third-order valence-electron chi connectivity index (χ3n) is 3.74. The molecule has 2 heterocycles. The molecule has 4 heteroatoms. The molecule has 3 unspecified atom stereocenters. The van der Waals surface area contributed by atoms with Crippen LogP contribution in [-0.4, -0.2) is 23.4 Å². The van der Waals surface area contributed by atoms with Crippen LogP contribution in [-0.2, 0) is 4.74 Å². The van der Waals surface area contributed by atoms with Crippen molar-refractivity contribution in [1.82, 2.24) is 0 Å². The fraction of sp³-hybridized carbons (Fsp3) is 0.571. The summed E-state index contributed by atoms with van der Waals surface area (Å²) in [6, 6.07) is 5.77. The third-order valence-corrected chi connectivity index (χ3v) is 4.24. The Bertz CT molecular complexity index is 449. The van der Waals surface area contributed by atoms with Gasteiger partial charge in [-0.05, 0) is 38.0 Å². The normalized spacial score (nSPS) is 35.1. The lowest BCUT2D eigenvalue weighted by Gasteiger charge is -2.33. The monoisotopic (exact) mass is 312 g/mol. The highest BCUT2D eigenvalue weighted by Gasteiger charge is 2.36. The number of benzene rings is 1. The van der Waals surface area contributed by atoms with Crippen molar-refractivity contribution >= 4 is 15.9 Å². The Morgan fingerprint density at radius 3 is 2.83 bits per heavy atom. The molecular weight excluding hydrogens is 296 g/mol. The lowest BCUT2D eigenvalue weighted by atomic mass is 9.95. The first-order valence-corrected chi connectivity index (χ1v) is 7.22. The zero-order valence-electron chi connectivity index (χ0n) is 10.3. The highest BCUT2D eigenvalue weighted by Crippen LogP contribution is 2.39. The number of aliphatic hydroxyl groups is 1. The molecule has 4 atom stereocenters. The standard InChI is InChI=1S/C14H17BrO3/c1-8-2-4-13(17-8)14-7-11(16)10-6-9(15)3-5-12(10)18-14/h3,5-6,8,11,13-14,16H,2,4,7H2,1H3/t8?,11-,13?,14?/m0/s1. The van der Waals surface area contributed by atoms with Crippen LogP contribution in [0.25, 0.3) is 0 Å². The summed E-state index contributed by atoms with van der Waals surface area (Å²) in [6.45, 7) is 2.09. The van der Waals surface area contributed by atoms with E-state index in [0.29, 0.717) is 12.5 Å². The fourth-order valence-corrected chi connectivity index (χ4v) is 3.16. The molecule has 1 aromatic carbocycles. The molecule has 0 amide bonds. The van der Waals surface area contributed by atoms with Crippen LogP contribution in [0.3, 0.4) is 0 Å². The number of aliphatic hydroxyl groups excluding tert-OH is 1. The average Bonchev–Trinajstić information content (AvgIpc) is 2.77. The molecule has 0 saturated carbocycles. The van der Waals surface area contributed by atoms with Gasteiger partial charge in [0.25, 0.3) is 0 Å². The molecule has 0 spiro atoms. The zero-order chi connectivity index (χ0) is 12.7. The van der Waals surface area contributed by atoms with Gasteiger partial charge in [-0.3, -0.25) is 0 Å². The Hall–Kier alpha value is -0.580. The Morgan fingerprint density at radius 1 is 1.28 bits per heavy atom. The van der Waals surface area contributed by atoms with Crippen LogP contribution in [0.1, 0.15) is 37.9 Å². The molecule has 98 valence electrons. The summed E-state index contributed by atoms with van der Waals surface area (Å²) in [4.78, 5) is 0. The van der Waals surface area contributed by atoms with Gasteiger partial charge in [-0.1, -0.05) is 15.9 Å². The van der Waals surface area contributed by atoms with E-state index in [2.05, 4.69) is 22.9 Å². The van der Waals surface area contributed by atoms with Crippen molar-refractivity contribution in [3.8, 4) is 5.75 Å². The molecule has 3 rings (SSSR count). The maximum absolute atomic E-state index is 10.2. The first-order valence-electron chi connectivity index (χ1n) is 6.43. The quantitative estimate of drug-likeness (QED) is 0.865. The number of fused-ring (bicyclic) bond motifs is 1. The summed E-state index contributed by atoms with van der Waals surface area (Å²) >= 11 is 3.42. The minimum atomic E-state index is -0.462. The molecule has 2 aliphatic rings. The van der Waals surface area contributed by atoms with Crippen molar-refractivity contribution < 1.29 is 14.6 Å². The van der Waals surface area contributed by atoms with E-state index in [9.17, 15) is 5.11 Å². The Kier molecular flexibility index (Phi) is 3.34. The number of ether oxygens (including phenoxy) is 2. The Balaban J connectivity index is 1.81. The molecule has 3 nitrogen and oxygen atoms in total. The molecule has 1 aromatic rings. The second-order valence-electron chi connectivity index (χ2n) is 5.15. The van der Waals surface area contributed by atoms with E-state index in [0.717, 1.165) is 28.6 Å². The van der Waals surface area contributed by atoms with E-state index >= 15 is 0 Å². The number of hydrogen-bond acceptors (Lipinski definition) is 3. The predicted molar refractivity (Wildman–Crippen MR) is 71.7 cm³/mol. The molecule has 18 heavy (non-hydrogen) atoms. The number of rotatable bonds is 1. The van der Waals surface area contributed by atoms with E-state index in [1.54, 1.807) is 0 Å². The highest BCUT2D eigenvalue weighted by molar-refractivity contribution is 9.10. The van der Waals surface area contributed by atoms with Gasteiger partial charge >= 0.3 is 0 Å². The van der Waals surface area contributed by atoms with E-state index in [1.165, 1.54) is 0 Å². The van der Waals surface area contributed by atoms with Gasteiger partial charge in [0.15, 0.2) is 0 Å². The molecule has 1 N–H and O–H groups in total. The van der Waals surface area contributed by atoms with Gasteiger partial charge < -0.3 is 14.6 Å². The van der Waals surface area contributed by atoms with Crippen molar-refractivity contribution in [2.24, 2.45) is 0 Å². The largest absolute Gasteiger partial charge is 0.487 e. The molecule has 0 aromatic heterocycles. The van der Waals surface area contributed by atoms with Crippen molar-refractivity contribution in [2.75, 3.05) is 0 Å². The van der Waals surface area contributed by atoms with Crippen molar-refractivity contribution in [3.63, 3.8) is 0 Å². The molecule has 0 aliphatic carbocycles. The van der Waals surface area contributed by atoms with Gasteiger partial charge in [0.2, 0.25) is 0 Å². The molecule has 0 radical (unpaired) electrons. The van der Waals surface area contributed by atoms with E-state index < -0.39 is 6.10 Å². The topological polar surface area (TPSA) is 38.7 Å². The average molecular weight is 313 g/mol. The zero-order valence-corrected chi connectivity index (χ0v) is 11.9. The Labute approximate surface area is 115 Å². The summed E-state index contributed by atoms with van der Waals surface area (Å²) in [5.41, 5.74) is 0.867. The van der Waals surface area contributed by atoms with Gasteiger partial charge in [-0.15, -0.1) is 0 Å². The first kappa shape index (κ1) is 12.5. The predicted octanol–water partition coefficient (Wildman–Crippen LogP) is 3.20.